The molecule has 0 unspecified atom stereocenters. The van der Waals surface area contributed by atoms with Gasteiger partial charge in [0.05, 0.1) is 16.3 Å². The molecule has 0 radical (unpaired) electrons. The monoisotopic (exact) mass is 412 g/mol. The molecule has 1 amide bonds. The van der Waals surface area contributed by atoms with Crippen molar-refractivity contribution < 1.29 is 9.72 Å². The van der Waals surface area contributed by atoms with E-state index in [2.05, 4.69) is 20.5 Å². The topological polar surface area (TPSA) is 106 Å². The number of nitrogens with zero attached hydrogens (tertiary/aromatic N) is 5. The molecule has 160 valence electrons. The van der Waals surface area contributed by atoms with Crippen LogP contribution in [0, 0.1) is 23.0 Å². The highest BCUT2D eigenvalue weighted by atomic mass is 16.6. The highest BCUT2D eigenvalue weighted by Crippen LogP contribution is 2.26. The number of aromatic nitrogens is 3. The van der Waals surface area contributed by atoms with Gasteiger partial charge in [0, 0.05) is 37.8 Å². The number of nitrogens with one attached hydrogen (secondary N) is 1. The van der Waals surface area contributed by atoms with E-state index in [1.807, 2.05) is 0 Å². The van der Waals surface area contributed by atoms with E-state index >= 15 is 0 Å². The first kappa shape index (κ1) is 20.5. The number of likely N-dealkylation sites (tertiary alicyclic amines) is 1. The van der Waals surface area contributed by atoms with Crippen LogP contribution in [-0.2, 0) is 0 Å². The fraction of sp³-hybridized carbons (Fsp3) is 0.571. The number of carbonyl (C=O) groups excluding carboxylic acids is 1. The van der Waals surface area contributed by atoms with E-state index in [9.17, 15) is 14.9 Å². The van der Waals surface area contributed by atoms with Gasteiger partial charge in [-0.15, -0.1) is 5.10 Å². The van der Waals surface area contributed by atoms with Gasteiger partial charge in [0.15, 0.2) is 5.69 Å². The van der Waals surface area contributed by atoms with Crippen LogP contribution in [0.4, 0.5) is 5.69 Å². The first-order valence-electron chi connectivity index (χ1n) is 10.7. The van der Waals surface area contributed by atoms with Gasteiger partial charge in [-0.05, 0) is 44.6 Å². The summed E-state index contributed by atoms with van der Waals surface area (Å²) >= 11 is 0. The molecule has 2 heterocycles. The van der Waals surface area contributed by atoms with E-state index in [0.29, 0.717) is 11.4 Å². The Bertz CT molecular complexity index is 913. The molecule has 9 heteroatoms. The van der Waals surface area contributed by atoms with E-state index in [0.717, 1.165) is 31.8 Å². The van der Waals surface area contributed by atoms with Crippen LogP contribution < -0.4 is 5.32 Å². The van der Waals surface area contributed by atoms with Crippen LogP contribution in [0.25, 0.3) is 5.69 Å². The molecule has 1 saturated heterocycles. The third-order valence-corrected chi connectivity index (χ3v) is 6.31. The van der Waals surface area contributed by atoms with Crippen LogP contribution in [0.3, 0.4) is 0 Å². The molecule has 30 heavy (non-hydrogen) atoms. The molecule has 1 aliphatic heterocycles. The van der Waals surface area contributed by atoms with Gasteiger partial charge >= 0.3 is 0 Å². The highest BCUT2D eigenvalue weighted by molar-refractivity contribution is 5.93. The first-order chi connectivity index (χ1) is 14.5. The molecule has 4 rings (SSSR count). The lowest BCUT2D eigenvalue weighted by molar-refractivity contribution is -0.384. The van der Waals surface area contributed by atoms with Crippen molar-refractivity contribution in [2.75, 3.05) is 19.6 Å². The Morgan fingerprint density at radius 1 is 1.23 bits per heavy atom. The van der Waals surface area contributed by atoms with Crippen molar-refractivity contribution >= 4 is 11.6 Å². The number of piperidine rings is 1. The fourth-order valence-electron chi connectivity index (χ4n) is 4.59. The number of hydrogen-bond donors (Lipinski definition) is 1. The summed E-state index contributed by atoms with van der Waals surface area (Å²) in [7, 11) is 0. The smallest absolute Gasteiger partial charge is 0.273 e. The lowest BCUT2D eigenvalue weighted by Gasteiger charge is -2.33. The van der Waals surface area contributed by atoms with Gasteiger partial charge in [0.1, 0.15) is 0 Å². The molecule has 1 aliphatic carbocycles. The number of carbonyl (C=O) groups is 1. The third kappa shape index (κ3) is 4.51. The van der Waals surface area contributed by atoms with Crippen LogP contribution in [0.2, 0.25) is 0 Å². The quantitative estimate of drug-likeness (QED) is 0.578. The zero-order valence-corrected chi connectivity index (χ0v) is 17.3. The van der Waals surface area contributed by atoms with Gasteiger partial charge in [-0.25, -0.2) is 4.68 Å². The predicted molar refractivity (Wildman–Crippen MR) is 112 cm³/mol. The number of nitro benzene ring substituents is 1. The second-order valence-electron chi connectivity index (χ2n) is 8.41. The van der Waals surface area contributed by atoms with Crippen molar-refractivity contribution in [3.8, 4) is 5.69 Å². The molecule has 0 spiro atoms. The molecule has 0 bridgehead atoms. The number of hydrogen-bond acceptors (Lipinski definition) is 6. The zero-order valence-electron chi connectivity index (χ0n) is 17.3. The number of rotatable bonds is 6. The minimum absolute atomic E-state index is 0.0298. The number of nitro groups is 1. The van der Waals surface area contributed by atoms with Gasteiger partial charge < -0.3 is 10.2 Å². The van der Waals surface area contributed by atoms with Gasteiger partial charge in [-0.2, -0.15) is 0 Å². The van der Waals surface area contributed by atoms with Crippen molar-refractivity contribution in [2.45, 2.75) is 51.5 Å². The summed E-state index contributed by atoms with van der Waals surface area (Å²) < 4.78 is 1.46. The van der Waals surface area contributed by atoms with E-state index < -0.39 is 4.92 Å². The molecule has 9 nitrogen and oxygen atoms in total. The SMILES string of the molecule is Cc1c(C(=O)NC2CCN(CC3CCCC3)CC2)nnn1-c1cccc([N+](=O)[O-])c1. The molecular formula is C21H28N6O3. The van der Waals surface area contributed by atoms with Crippen molar-refractivity contribution in [3.63, 3.8) is 0 Å². The Hall–Kier alpha value is -2.81. The normalized spacial score (nSPS) is 18.6. The van der Waals surface area contributed by atoms with Crippen molar-refractivity contribution in [2.24, 2.45) is 5.92 Å². The Balaban J connectivity index is 1.35. The van der Waals surface area contributed by atoms with E-state index in [1.54, 1.807) is 19.1 Å². The molecule has 2 aromatic rings. The molecule has 2 fully saturated rings. The lowest BCUT2D eigenvalue weighted by Crippen LogP contribution is -2.45. The van der Waals surface area contributed by atoms with Gasteiger partial charge in [0.2, 0.25) is 0 Å². The molecule has 1 aromatic heterocycles. The van der Waals surface area contributed by atoms with Gasteiger partial charge in [0.25, 0.3) is 11.6 Å². The number of benzene rings is 1. The number of amides is 1. The second-order valence-corrected chi connectivity index (χ2v) is 8.41. The summed E-state index contributed by atoms with van der Waals surface area (Å²) in [4.78, 5) is 25.9. The molecule has 1 saturated carbocycles. The molecule has 2 aliphatic rings. The van der Waals surface area contributed by atoms with E-state index in [4.69, 9.17) is 0 Å². The molecule has 0 atom stereocenters. The van der Waals surface area contributed by atoms with Gasteiger partial charge in [-0.1, -0.05) is 24.1 Å². The maximum absolute atomic E-state index is 12.8. The van der Waals surface area contributed by atoms with Crippen LogP contribution in [-0.4, -0.2) is 56.4 Å². The largest absolute Gasteiger partial charge is 0.348 e. The first-order valence-corrected chi connectivity index (χ1v) is 10.7. The van der Waals surface area contributed by atoms with Crippen LogP contribution >= 0.6 is 0 Å². The van der Waals surface area contributed by atoms with Gasteiger partial charge in [-0.3, -0.25) is 14.9 Å². The van der Waals surface area contributed by atoms with E-state index in [-0.39, 0.29) is 23.3 Å². The Kier molecular flexibility index (Phi) is 6.08. The third-order valence-electron chi connectivity index (χ3n) is 6.31. The minimum Gasteiger partial charge on any atom is -0.348 e. The average molecular weight is 412 g/mol. The van der Waals surface area contributed by atoms with Crippen molar-refractivity contribution in [3.05, 3.63) is 45.8 Å². The Labute approximate surface area is 175 Å². The maximum Gasteiger partial charge on any atom is 0.273 e. The van der Waals surface area contributed by atoms with Crippen LogP contribution in [0.15, 0.2) is 24.3 Å². The second kappa shape index (κ2) is 8.91. The summed E-state index contributed by atoms with van der Waals surface area (Å²) in [6.07, 6.45) is 7.33. The summed E-state index contributed by atoms with van der Waals surface area (Å²) in [6, 6.07) is 6.27. The summed E-state index contributed by atoms with van der Waals surface area (Å²) in [5.74, 6) is 0.612. The average Bonchev–Trinajstić information content (AvgIpc) is 3.39. The van der Waals surface area contributed by atoms with Crippen LogP contribution in [0.5, 0.6) is 0 Å². The predicted octanol–water partition coefficient (Wildman–Crippen LogP) is 2.87. The van der Waals surface area contributed by atoms with E-state index in [1.165, 1.54) is 49.0 Å². The lowest BCUT2D eigenvalue weighted by atomic mass is 10.0. The zero-order chi connectivity index (χ0) is 21.1. The Morgan fingerprint density at radius 3 is 2.67 bits per heavy atom. The highest BCUT2D eigenvalue weighted by Gasteiger charge is 2.26. The summed E-state index contributed by atoms with van der Waals surface area (Å²) in [6.45, 7) is 4.97. The number of non-ortho nitro benzene ring substituents is 1. The molecule has 1 aromatic carbocycles. The van der Waals surface area contributed by atoms with Crippen LogP contribution in [0.1, 0.15) is 54.7 Å². The Morgan fingerprint density at radius 2 is 1.97 bits per heavy atom. The molecular weight excluding hydrogens is 384 g/mol. The minimum atomic E-state index is -0.456. The van der Waals surface area contributed by atoms with Crippen molar-refractivity contribution in [1.29, 1.82) is 0 Å². The maximum atomic E-state index is 12.8. The fourth-order valence-corrected chi connectivity index (χ4v) is 4.59. The standard InChI is InChI=1S/C21H28N6O3/c1-15-20(23-24-26(15)18-7-4-8-19(13-18)27(29)30)21(28)22-17-9-11-25(12-10-17)14-16-5-2-3-6-16/h4,7-8,13,16-17H,2-3,5-6,9-12,14H2,1H3,(H,22,28). The molecule has 1 N–H and O–H groups in total. The summed E-state index contributed by atoms with van der Waals surface area (Å²) in [5.41, 5.74) is 1.30. The summed E-state index contributed by atoms with van der Waals surface area (Å²) in [5, 5.41) is 22.2. The van der Waals surface area contributed by atoms with Crippen molar-refractivity contribution in [1.82, 2.24) is 25.2 Å².